The zero-order chi connectivity index (χ0) is 15.9. The number of benzene rings is 1. The van der Waals surface area contributed by atoms with E-state index in [-0.39, 0.29) is 22.9 Å². The topological polar surface area (TPSA) is 125 Å². The predicted molar refractivity (Wildman–Crippen MR) is 73.4 cm³/mol. The quantitative estimate of drug-likeness (QED) is 0.704. The van der Waals surface area contributed by atoms with Crippen molar-refractivity contribution >= 4 is 0 Å². The molecule has 1 aromatic carbocycles. The Morgan fingerprint density at radius 3 is 2.55 bits per heavy atom. The van der Waals surface area contributed by atoms with Crippen LogP contribution in [0.2, 0.25) is 0 Å². The lowest BCUT2D eigenvalue weighted by Gasteiger charge is -2.24. The van der Waals surface area contributed by atoms with Crippen LogP contribution >= 0.6 is 0 Å². The van der Waals surface area contributed by atoms with E-state index in [0.29, 0.717) is 5.56 Å². The summed E-state index contributed by atoms with van der Waals surface area (Å²) < 4.78 is 18.3. The number of ether oxygens (including phenoxy) is 1. The van der Waals surface area contributed by atoms with Gasteiger partial charge >= 0.3 is 5.69 Å². The fourth-order valence-electron chi connectivity index (χ4n) is 2.38. The number of halogens is 1. The monoisotopic (exact) mass is 300 g/mol. The van der Waals surface area contributed by atoms with Crippen LogP contribution in [0.15, 0.2) is 45.3 Å². The van der Waals surface area contributed by atoms with E-state index in [2.05, 4.69) is 9.97 Å². The highest BCUT2D eigenvalue weighted by atomic mass is 19.1. The molecule has 0 bridgehead atoms. The summed E-state index contributed by atoms with van der Waals surface area (Å²) in [5.74, 6) is -1.65. The second-order valence-electron chi connectivity index (χ2n) is 4.63. The molecule has 0 aliphatic carbocycles. The molecule has 1 aromatic heterocycles. The summed E-state index contributed by atoms with van der Waals surface area (Å²) in [6.07, 6.45) is 0. The molecular weight excluding hydrogens is 291 g/mol. The Hall–Kier alpha value is -3.34. The SMILES string of the molecule is N#CC1=C(N)Oc2[nH]c(=O)[nH]c(=O)c2[C@@H]1c1ccc(F)cc1. The van der Waals surface area contributed by atoms with Crippen LogP contribution < -0.4 is 21.7 Å². The fourth-order valence-corrected chi connectivity index (χ4v) is 2.38. The molecule has 0 unspecified atom stereocenters. The van der Waals surface area contributed by atoms with Crippen molar-refractivity contribution in [3.05, 3.63) is 73.5 Å². The zero-order valence-electron chi connectivity index (χ0n) is 11.0. The van der Waals surface area contributed by atoms with Crippen LogP contribution in [-0.2, 0) is 0 Å². The molecule has 2 aromatic rings. The van der Waals surface area contributed by atoms with Gasteiger partial charge in [-0.2, -0.15) is 5.26 Å². The van der Waals surface area contributed by atoms with Crippen LogP contribution in [0.25, 0.3) is 0 Å². The molecular formula is C14H9FN4O3. The van der Waals surface area contributed by atoms with E-state index < -0.39 is 23.0 Å². The maximum atomic E-state index is 13.1. The molecule has 0 saturated heterocycles. The Labute approximate surface area is 122 Å². The molecule has 0 fully saturated rings. The van der Waals surface area contributed by atoms with Crippen molar-refractivity contribution < 1.29 is 9.13 Å². The Kier molecular flexibility index (Phi) is 3.03. The maximum Gasteiger partial charge on any atom is 0.328 e. The molecule has 0 spiro atoms. The molecule has 0 saturated carbocycles. The van der Waals surface area contributed by atoms with Gasteiger partial charge < -0.3 is 10.5 Å². The molecule has 0 amide bonds. The summed E-state index contributed by atoms with van der Waals surface area (Å²) in [5, 5.41) is 9.29. The van der Waals surface area contributed by atoms with E-state index >= 15 is 0 Å². The number of nitrogens with zero attached hydrogens (tertiary/aromatic N) is 1. The largest absolute Gasteiger partial charge is 0.424 e. The number of hydrogen-bond acceptors (Lipinski definition) is 5. The van der Waals surface area contributed by atoms with Gasteiger partial charge in [-0.15, -0.1) is 0 Å². The summed E-state index contributed by atoms with van der Waals surface area (Å²) in [6.45, 7) is 0. The van der Waals surface area contributed by atoms with Crippen LogP contribution in [0.1, 0.15) is 17.0 Å². The standard InChI is InChI=1S/C14H9FN4O3/c15-7-3-1-6(2-4-7)9-8(5-16)11(17)22-13-10(9)12(20)18-14(21)19-13/h1-4,9H,17H2,(H2,18,19,20,21)/t9-/m1/s1. The van der Waals surface area contributed by atoms with Gasteiger partial charge in [0.2, 0.25) is 11.8 Å². The average Bonchev–Trinajstić information content (AvgIpc) is 2.46. The maximum absolute atomic E-state index is 13.1. The summed E-state index contributed by atoms with van der Waals surface area (Å²) in [4.78, 5) is 27.8. The molecule has 1 atom stereocenters. The first-order valence-corrected chi connectivity index (χ1v) is 6.21. The molecule has 7 nitrogen and oxygen atoms in total. The van der Waals surface area contributed by atoms with Crippen LogP contribution in [0.5, 0.6) is 5.88 Å². The van der Waals surface area contributed by atoms with Gasteiger partial charge in [0.15, 0.2) is 0 Å². The number of rotatable bonds is 1. The van der Waals surface area contributed by atoms with Gasteiger partial charge in [0, 0.05) is 0 Å². The lowest BCUT2D eigenvalue weighted by molar-refractivity contribution is 0.373. The number of allylic oxidation sites excluding steroid dienone is 1. The van der Waals surface area contributed by atoms with E-state index in [0.717, 1.165) is 0 Å². The van der Waals surface area contributed by atoms with Crippen LogP contribution in [0.4, 0.5) is 4.39 Å². The number of aromatic nitrogens is 2. The highest BCUT2D eigenvalue weighted by molar-refractivity contribution is 5.52. The lowest BCUT2D eigenvalue weighted by Crippen LogP contribution is -2.33. The second-order valence-corrected chi connectivity index (χ2v) is 4.63. The Morgan fingerprint density at radius 1 is 1.23 bits per heavy atom. The number of nitrogens with one attached hydrogen (secondary N) is 2. The molecule has 1 aliphatic rings. The van der Waals surface area contributed by atoms with Gasteiger partial charge in [-0.1, -0.05) is 12.1 Å². The van der Waals surface area contributed by atoms with Crippen molar-refractivity contribution in [3.63, 3.8) is 0 Å². The number of fused-ring (bicyclic) bond motifs is 1. The number of nitriles is 1. The molecule has 22 heavy (non-hydrogen) atoms. The minimum absolute atomic E-state index is 0.0108. The minimum Gasteiger partial charge on any atom is -0.424 e. The number of aromatic amines is 2. The Bertz CT molecular complexity index is 934. The van der Waals surface area contributed by atoms with Gasteiger partial charge in [-0.3, -0.25) is 14.8 Å². The summed E-state index contributed by atoms with van der Waals surface area (Å²) in [6, 6.07) is 7.17. The smallest absolute Gasteiger partial charge is 0.328 e. The number of nitrogens with two attached hydrogens (primary N) is 1. The molecule has 4 N–H and O–H groups in total. The first kappa shape index (κ1) is 13.6. The highest BCUT2D eigenvalue weighted by Crippen LogP contribution is 2.38. The second kappa shape index (κ2) is 4.89. The van der Waals surface area contributed by atoms with Gasteiger partial charge in [-0.25, -0.2) is 9.18 Å². The molecule has 8 heteroatoms. The van der Waals surface area contributed by atoms with Crippen molar-refractivity contribution in [1.82, 2.24) is 9.97 Å². The van der Waals surface area contributed by atoms with Gasteiger partial charge in [0.1, 0.15) is 17.5 Å². The first-order chi connectivity index (χ1) is 10.5. The van der Waals surface area contributed by atoms with E-state index in [1.54, 1.807) is 0 Å². The molecule has 110 valence electrons. The minimum atomic E-state index is -0.852. The van der Waals surface area contributed by atoms with E-state index in [1.165, 1.54) is 24.3 Å². The third-order valence-electron chi connectivity index (χ3n) is 3.32. The van der Waals surface area contributed by atoms with Crippen molar-refractivity contribution in [2.45, 2.75) is 5.92 Å². The normalized spacial score (nSPS) is 16.6. The predicted octanol–water partition coefficient (Wildman–Crippen LogP) is 0.420. The van der Waals surface area contributed by atoms with Gasteiger partial charge in [0.25, 0.3) is 5.56 Å². The van der Waals surface area contributed by atoms with Crippen molar-refractivity contribution in [1.29, 1.82) is 5.26 Å². The Morgan fingerprint density at radius 2 is 1.91 bits per heavy atom. The van der Waals surface area contributed by atoms with E-state index in [1.807, 2.05) is 6.07 Å². The lowest BCUT2D eigenvalue weighted by atomic mass is 9.85. The van der Waals surface area contributed by atoms with Gasteiger partial charge in [0.05, 0.1) is 11.5 Å². The number of H-pyrrole nitrogens is 2. The van der Waals surface area contributed by atoms with Crippen LogP contribution in [0, 0.1) is 17.1 Å². The third-order valence-corrected chi connectivity index (χ3v) is 3.32. The first-order valence-electron chi connectivity index (χ1n) is 6.21. The Balaban J connectivity index is 2.32. The fraction of sp³-hybridized carbons (Fsp3) is 0.0714. The van der Waals surface area contributed by atoms with E-state index in [9.17, 15) is 19.2 Å². The molecule has 3 rings (SSSR count). The zero-order valence-corrected chi connectivity index (χ0v) is 11.0. The van der Waals surface area contributed by atoms with Crippen molar-refractivity contribution in [2.24, 2.45) is 5.73 Å². The van der Waals surface area contributed by atoms with Crippen molar-refractivity contribution in [3.8, 4) is 11.9 Å². The van der Waals surface area contributed by atoms with Crippen molar-refractivity contribution in [2.75, 3.05) is 0 Å². The molecule has 1 aliphatic heterocycles. The summed E-state index contributed by atoms with van der Waals surface area (Å²) in [7, 11) is 0. The third kappa shape index (κ3) is 2.05. The van der Waals surface area contributed by atoms with Gasteiger partial charge in [-0.05, 0) is 17.7 Å². The molecule has 2 heterocycles. The highest BCUT2D eigenvalue weighted by Gasteiger charge is 2.33. The van der Waals surface area contributed by atoms with E-state index in [4.69, 9.17) is 10.5 Å². The number of hydrogen-bond donors (Lipinski definition) is 3. The molecule has 0 radical (unpaired) electrons. The summed E-state index contributed by atoms with van der Waals surface area (Å²) >= 11 is 0. The summed E-state index contributed by atoms with van der Waals surface area (Å²) in [5.41, 5.74) is 4.76. The van der Waals surface area contributed by atoms with Crippen LogP contribution in [-0.4, -0.2) is 9.97 Å². The van der Waals surface area contributed by atoms with Crippen LogP contribution in [0.3, 0.4) is 0 Å². The average molecular weight is 300 g/mol.